The van der Waals surface area contributed by atoms with Crippen molar-refractivity contribution in [1.82, 2.24) is 0 Å². The number of benzene rings is 2. The van der Waals surface area contributed by atoms with E-state index in [2.05, 4.69) is 0 Å². The Balaban J connectivity index is 1.73. The van der Waals surface area contributed by atoms with Crippen molar-refractivity contribution >= 4 is 0 Å². The maximum atomic E-state index is 12.8. The Morgan fingerprint density at radius 3 is 2.12 bits per heavy atom. The molecule has 2 aromatic rings. The molecule has 0 atom stereocenters. The van der Waals surface area contributed by atoms with Gasteiger partial charge in [0.1, 0.15) is 30.5 Å². The number of para-hydroxylation sites is 1. The summed E-state index contributed by atoms with van der Waals surface area (Å²) >= 11 is 0. The van der Waals surface area contributed by atoms with Gasteiger partial charge in [-0.2, -0.15) is 0 Å². The van der Waals surface area contributed by atoms with Gasteiger partial charge in [0.05, 0.1) is 0 Å². The summed E-state index contributed by atoms with van der Waals surface area (Å²) in [6.07, 6.45) is 0. The van der Waals surface area contributed by atoms with Gasteiger partial charge in [0, 0.05) is 6.07 Å². The molecule has 0 aliphatic carbocycles. The molecule has 17 heavy (non-hydrogen) atoms. The average Bonchev–Trinajstić information content (AvgIpc) is 2.36. The van der Waals surface area contributed by atoms with Crippen LogP contribution < -0.4 is 9.47 Å². The molecule has 0 aromatic heterocycles. The van der Waals surface area contributed by atoms with Gasteiger partial charge in [0.15, 0.2) is 0 Å². The Labute approximate surface area is 99.6 Å². The molecule has 0 heterocycles. The minimum atomic E-state index is -0.300. The third kappa shape index (κ3) is 3.79. The molecule has 0 saturated heterocycles. The van der Waals surface area contributed by atoms with Crippen LogP contribution in [0.15, 0.2) is 54.6 Å². The van der Waals surface area contributed by atoms with Crippen LogP contribution in [-0.4, -0.2) is 13.2 Å². The van der Waals surface area contributed by atoms with E-state index in [1.165, 1.54) is 12.1 Å². The lowest BCUT2D eigenvalue weighted by Gasteiger charge is -2.08. The number of rotatable bonds is 5. The van der Waals surface area contributed by atoms with Crippen molar-refractivity contribution in [3.8, 4) is 11.5 Å². The second kappa shape index (κ2) is 5.89. The van der Waals surface area contributed by atoms with Crippen LogP contribution in [-0.2, 0) is 0 Å². The monoisotopic (exact) mass is 232 g/mol. The molecule has 0 radical (unpaired) electrons. The Morgan fingerprint density at radius 2 is 1.41 bits per heavy atom. The molecule has 0 aliphatic heterocycles. The molecule has 2 nitrogen and oxygen atoms in total. The van der Waals surface area contributed by atoms with Gasteiger partial charge in [-0.05, 0) is 24.3 Å². The van der Waals surface area contributed by atoms with Gasteiger partial charge in [-0.1, -0.05) is 24.3 Å². The van der Waals surface area contributed by atoms with Crippen LogP contribution in [0.4, 0.5) is 4.39 Å². The average molecular weight is 232 g/mol. The van der Waals surface area contributed by atoms with E-state index >= 15 is 0 Å². The predicted octanol–water partition coefficient (Wildman–Crippen LogP) is 3.28. The molecular weight excluding hydrogens is 219 g/mol. The molecule has 2 aromatic carbocycles. The Morgan fingerprint density at radius 1 is 0.765 bits per heavy atom. The van der Waals surface area contributed by atoms with Gasteiger partial charge >= 0.3 is 0 Å². The lowest BCUT2D eigenvalue weighted by molar-refractivity contribution is 0.216. The second-order valence-electron chi connectivity index (χ2n) is 3.47. The van der Waals surface area contributed by atoms with E-state index in [1.807, 2.05) is 30.3 Å². The topological polar surface area (TPSA) is 18.5 Å². The zero-order chi connectivity index (χ0) is 11.9. The third-order valence-corrected chi connectivity index (χ3v) is 2.16. The minimum absolute atomic E-state index is 0.300. The van der Waals surface area contributed by atoms with E-state index in [1.54, 1.807) is 12.1 Å². The highest BCUT2D eigenvalue weighted by Crippen LogP contribution is 2.12. The van der Waals surface area contributed by atoms with E-state index in [-0.39, 0.29) is 5.82 Å². The summed E-state index contributed by atoms with van der Waals surface area (Å²) in [5, 5.41) is 0. The van der Waals surface area contributed by atoms with E-state index in [0.29, 0.717) is 19.0 Å². The minimum Gasteiger partial charge on any atom is -0.490 e. The summed E-state index contributed by atoms with van der Waals surface area (Å²) in [6.45, 7) is 0.818. The van der Waals surface area contributed by atoms with Crippen molar-refractivity contribution in [3.05, 3.63) is 60.4 Å². The molecule has 0 unspecified atom stereocenters. The van der Waals surface area contributed by atoms with E-state index < -0.39 is 0 Å². The Kier molecular flexibility index (Phi) is 3.97. The predicted molar refractivity (Wildman–Crippen MR) is 63.8 cm³/mol. The summed E-state index contributed by atoms with van der Waals surface area (Å²) < 4.78 is 23.6. The maximum Gasteiger partial charge on any atom is 0.126 e. The molecule has 0 N–H and O–H groups in total. The van der Waals surface area contributed by atoms with Crippen LogP contribution in [0.3, 0.4) is 0 Å². The number of hydrogen-bond donors (Lipinski definition) is 0. The normalized spacial score (nSPS) is 9.94. The van der Waals surface area contributed by atoms with Crippen LogP contribution in [0.1, 0.15) is 0 Å². The highest BCUT2D eigenvalue weighted by molar-refractivity contribution is 5.22. The zero-order valence-electron chi connectivity index (χ0n) is 9.30. The molecule has 0 saturated carbocycles. The van der Waals surface area contributed by atoms with Gasteiger partial charge in [-0.15, -0.1) is 0 Å². The largest absolute Gasteiger partial charge is 0.490 e. The van der Waals surface area contributed by atoms with Crippen LogP contribution in [0.2, 0.25) is 0 Å². The highest BCUT2D eigenvalue weighted by atomic mass is 19.1. The first-order valence-corrected chi connectivity index (χ1v) is 5.41. The smallest absolute Gasteiger partial charge is 0.126 e. The van der Waals surface area contributed by atoms with Crippen molar-refractivity contribution in [2.45, 2.75) is 0 Å². The standard InChI is InChI=1S/C14H13FO2/c15-12-5-4-8-14(11-12)17-10-9-16-13-6-2-1-3-7-13/h1-8,11H,9-10H2. The lowest BCUT2D eigenvalue weighted by atomic mass is 10.3. The first kappa shape index (κ1) is 11.5. The first-order chi connectivity index (χ1) is 8.34. The van der Waals surface area contributed by atoms with Gasteiger partial charge < -0.3 is 9.47 Å². The van der Waals surface area contributed by atoms with Crippen molar-refractivity contribution in [2.24, 2.45) is 0 Å². The summed E-state index contributed by atoms with van der Waals surface area (Å²) in [5.74, 6) is 1.02. The quantitative estimate of drug-likeness (QED) is 0.736. The summed E-state index contributed by atoms with van der Waals surface area (Å²) in [6, 6.07) is 15.6. The summed E-state index contributed by atoms with van der Waals surface area (Å²) in [4.78, 5) is 0. The maximum absolute atomic E-state index is 12.8. The first-order valence-electron chi connectivity index (χ1n) is 5.41. The van der Waals surface area contributed by atoms with Crippen LogP contribution in [0, 0.1) is 5.82 Å². The summed E-state index contributed by atoms with van der Waals surface area (Å²) in [5.41, 5.74) is 0. The number of hydrogen-bond acceptors (Lipinski definition) is 2. The van der Waals surface area contributed by atoms with Gasteiger partial charge in [-0.3, -0.25) is 0 Å². The molecule has 0 fully saturated rings. The molecule has 0 aliphatic rings. The third-order valence-electron chi connectivity index (χ3n) is 2.16. The molecular formula is C14H13FO2. The van der Waals surface area contributed by atoms with Crippen molar-refractivity contribution < 1.29 is 13.9 Å². The fourth-order valence-electron chi connectivity index (χ4n) is 1.39. The Hall–Kier alpha value is -2.03. The second-order valence-corrected chi connectivity index (χ2v) is 3.47. The SMILES string of the molecule is Fc1cccc(OCCOc2ccccc2)c1. The van der Waals surface area contributed by atoms with E-state index in [9.17, 15) is 4.39 Å². The van der Waals surface area contributed by atoms with Gasteiger partial charge in [-0.25, -0.2) is 4.39 Å². The van der Waals surface area contributed by atoms with E-state index in [0.717, 1.165) is 5.75 Å². The van der Waals surface area contributed by atoms with Crippen molar-refractivity contribution in [2.75, 3.05) is 13.2 Å². The van der Waals surface area contributed by atoms with Crippen molar-refractivity contribution in [1.29, 1.82) is 0 Å². The number of ether oxygens (including phenoxy) is 2. The highest BCUT2D eigenvalue weighted by Gasteiger charge is 1.96. The number of halogens is 1. The fourth-order valence-corrected chi connectivity index (χ4v) is 1.39. The molecule has 88 valence electrons. The molecule has 0 spiro atoms. The summed E-state index contributed by atoms with van der Waals surface area (Å²) in [7, 11) is 0. The Bertz CT molecular complexity index is 457. The van der Waals surface area contributed by atoms with E-state index in [4.69, 9.17) is 9.47 Å². The molecule has 2 rings (SSSR count). The van der Waals surface area contributed by atoms with Gasteiger partial charge in [0.25, 0.3) is 0 Å². The molecule has 0 bridgehead atoms. The lowest BCUT2D eigenvalue weighted by Crippen LogP contribution is -2.08. The van der Waals surface area contributed by atoms with Crippen LogP contribution >= 0.6 is 0 Å². The van der Waals surface area contributed by atoms with Crippen molar-refractivity contribution in [3.63, 3.8) is 0 Å². The van der Waals surface area contributed by atoms with Gasteiger partial charge in [0.2, 0.25) is 0 Å². The van der Waals surface area contributed by atoms with Crippen LogP contribution in [0.5, 0.6) is 11.5 Å². The fraction of sp³-hybridized carbons (Fsp3) is 0.143. The molecule has 3 heteroatoms. The zero-order valence-corrected chi connectivity index (χ0v) is 9.30. The molecule has 0 amide bonds. The van der Waals surface area contributed by atoms with Crippen LogP contribution in [0.25, 0.3) is 0 Å².